The minimum Gasteiger partial charge on any atom is -0.394 e. The minimum absolute atomic E-state index is 0.0476. The van der Waals surface area contributed by atoms with Crippen molar-refractivity contribution < 1.29 is 18.6 Å². The molecule has 0 aliphatic carbocycles. The van der Waals surface area contributed by atoms with E-state index in [1.807, 2.05) is 6.92 Å². The maximum absolute atomic E-state index is 13.4. The highest BCUT2D eigenvalue weighted by Crippen LogP contribution is 2.35. The Bertz CT molecular complexity index is 669. The molecule has 0 bridgehead atoms. The molecule has 1 aromatic heterocycles. The summed E-state index contributed by atoms with van der Waals surface area (Å²) in [5.41, 5.74) is 1.01. The quantitative estimate of drug-likeness (QED) is 0.727. The summed E-state index contributed by atoms with van der Waals surface area (Å²) in [6.45, 7) is 7.32. The van der Waals surface area contributed by atoms with Crippen molar-refractivity contribution in [1.29, 1.82) is 0 Å². The molecular weight excluding hydrogens is 334 g/mol. The molecule has 1 N–H and O–H groups in total. The van der Waals surface area contributed by atoms with Gasteiger partial charge in [0.25, 0.3) is 0 Å². The highest BCUT2D eigenvalue weighted by Gasteiger charge is 2.20. The number of aliphatic hydroxyl groups is 1. The first kappa shape index (κ1) is 18.9. The van der Waals surface area contributed by atoms with Crippen LogP contribution < -0.4 is 0 Å². The van der Waals surface area contributed by atoms with Crippen LogP contribution in [0.2, 0.25) is 0 Å². The van der Waals surface area contributed by atoms with Crippen LogP contribution in [0.3, 0.4) is 0 Å². The second-order valence-electron chi connectivity index (χ2n) is 5.60. The summed E-state index contributed by atoms with van der Waals surface area (Å²) in [4.78, 5) is 5.07. The highest BCUT2D eigenvalue weighted by molar-refractivity contribution is 7.99. The maximum atomic E-state index is 13.4. The standard InChI is InChI=1S/C17H22F2N2O2S/c1-4-21-15(10-23-6-5-22)20-17(16(21)11(2)3)24-14-8-12(18)7-13(19)9-14/h7-9,11,22H,4-6,10H2,1-3H3. The fourth-order valence-corrected chi connectivity index (χ4v) is 3.68. The monoisotopic (exact) mass is 356 g/mol. The third-order valence-electron chi connectivity index (χ3n) is 3.43. The minimum atomic E-state index is -0.606. The van der Waals surface area contributed by atoms with Crippen LogP contribution in [-0.4, -0.2) is 27.9 Å². The fraction of sp³-hybridized carbons (Fsp3) is 0.471. The van der Waals surface area contributed by atoms with Crippen molar-refractivity contribution in [2.75, 3.05) is 13.2 Å². The van der Waals surface area contributed by atoms with E-state index in [1.54, 1.807) is 0 Å². The van der Waals surface area contributed by atoms with E-state index in [9.17, 15) is 8.78 Å². The Morgan fingerprint density at radius 2 is 1.92 bits per heavy atom. The molecule has 0 amide bonds. The summed E-state index contributed by atoms with van der Waals surface area (Å²) in [5, 5.41) is 9.56. The van der Waals surface area contributed by atoms with Crippen LogP contribution in [0.1, 0.15) is 38.2 Å². The third kappa shape index (κ3) is 4.55. The van der Waals surface area contributed by atoms with Gasteiger partial charge in [-0.15, -0.1) is 0 Å². The zero-order valence-corrected chi connectivity index (χ0v) is 14.9. The molecule has 132 valence electrons. The normalized spacial score (nSPS) is 11.5. The molecule has 0 saturated heterocycles. The average molecular weight is 356 g/mol. The van der Waals surface area contributed by atoms with Gasteiger partial charge in [-0.2, -0.15) is 0 Å². The second-order valence-corrected chi connectivity index (χ2v) is 6.66. The number of benzene rings is 1. The van der Waals surface area contributed by atoms with E-state index in [2.05, 4.69) is 23.4 Å². The fourth-order valence-electron chi connectivity index (χ4n) is 2.51. The van der Waals surface area contributed by atoms with Gasteiger partial charge < -0.3 is 14.4 Å². The van der Waals surface area contributed by atoms with Crippen LogP contribution >= 0.6 is 11.8 Å². The molecule has 4 nitrogen and oxygen atoms in total. The SMILES string of the molecule is CCn1c(COCCO)nc(Sc2cc(F)cc(F)c2)c1C(C)C. The maximum Gasteiger partial charge on any atom is 0.136 e. The van der Waals surface area contributed by atoms with Crippen LogP contribution in [-0.2, 0) is 17.9 Å². The highest BCUT2D eigenvalue weighted by atomic mass is 32.2. The lowest BCUT2D eigenvalue weighted by Gasteiger charge is -2.13. The molecule has 1 aromatic carbocycles. The van der Waals surface area contributed by atoms with E-state index in [1.165, 1.54) is 23.9 Å². The molecule has 1 heterocycles. The Hall–Kier alpha value is -1.44. The van der Waals surface area contributed by atoms with Crippen molar-refractivity contribution >= 4 is 11.8 Å². The molecule has 0 saturated carbocycles. The molecule has 0 aliphatic heterocycles. The zero-order chi connectivity index (χ0) is 17.7. The predicted octanol–water partition coefficient (Wildman–Crippen LogP) is 3.96. The molecule has 2 rings (SSSR count). The molecule has 24 heavy (non-hydrogen) atoms. The average Bonchev–Trinajstić information content (AvgIpc) is 2.84. The lowest BCUT2D eigenvalue weighted by molar-refractivity contribution is 0.0759. The van der Waals surface area contributed by atoms with Gasteiger partial charge in [0.15, 0.2) is 0 Å². The van der Waals surface area contributed by atoms with Gasteiger partial charge in [-0.3, -0.25) is 0 Å². The Morgan fingerprint density at radius 1 is 1.25 bits per heavy atom. The van der Waals surface area contributed by atoms with Gasteiger partial charge in [0.1, 0.15) is 29.1 Å². The molecule has 0 aliphatic rings. The second kappa shape index (κ2) is 8.60. The largest absolute Gasteiger partial charge is 0.394 e. The van der Waals surface area contributed by atoms with Crippen LogP contribution in [0.15, 0.2) is 28.1 Å². The summed E-state index contributed by atoms with van der Waals surface area (Å²) in [5.74, 6) is -0.269. The summed E-state index contributed by atoms with van der Waals surface area (Å²) < 4.78 is 34.3. The van der Waals surface area contributed by atoms with E-state index >= 15 is 0 Å². The molecule has 7 heteroatoms. The first-order valence-electron chi connectivity index (χ1n) is 7.88. The van der Waals surface area contributed by atoms with Crippen molar-refractivity contribution in [3.63, 3.8) is 0 Å². The van der Waals surface area contributed by atoms with Crippen LogP contribution in [0.25, 0.3) is 0 Å². The summed E-state index contributed by atoms with van der Waals surface area (Å²) in [6.07, 6.45) is 0. The number of rotatable bonds is 8. The number of halogens is 2. The molecule has 0 radical (unpaired) electrons. The van der Waals surface area contributed by atoms with Crippen molar-refractivity contribution in [2.24, 2.45) is 0 Å². The Morgan fingerprint density at radius 3 is 2.46 bits per heavy atom. The topological polar surface area (TPSA) is 47.3 Å². The first-order valence-corrected chi connectivity index (χ1v) is 8.69. The van der Waals surface area contributed by atoms with Gasteiger partial charge in [-0.05, 0) is 25.0 Å². The van der Waals surface area contributed by atoms with Crippen molar-refractivity contribution in [2.45, 2.75) is 49.8 Å². The molecule has 2 aromatic rings. The Balaban J connectivity index is 2.36. The van der Waals surface area contributed by atoms with Crippen LogP contribution in [0.5, 0.6) is 0 Å². The van der Waals surface area contributed by atoms with Gasteiger partial charge >= 0.3 is 0 Å². The van der Waals surface area contributed by atoms with E-state index in [0.29, 0.717) is 4.90 Å². The molecule has 0 unspecified atom stereocenters. The van der Waals surface area contributed by atoms with E-state index < -0.39 is 11.6 Å². The number of hydrogen-bond acceptors (Lipinski definition) is 4. The lowest BCUT2D eigenvalue weighted by atomic mass is 10.1. The van der Waals surface area contributed by atoms with Gasteiger partial charge in [-0.1, -0.05) is 25.6 Å². The number of ether oxygens (including phenoxy) is 1. The number of nitrogens with zero attached hydrogens (tertiary/aromatic N) is 2. The smallest absolute Gasteiger partial charge is 0.136 e. The zero-order valence-electron chi connectivity index (χ0n) is 14.1. The van der Waals surface area contributed by atoms with Crippen LogP contribution in [0.4, 0.5) is 8.78 Å². The number of aliphatic hydroxyl groups excluding tert-OH is 1. The molecule has 0 fully saturated rings. The van der Waals surface area contributed by atoms with Gasteiger partial charge in [-0.25, -0.2) is 13.8 Å². The summed E-state index contributed by atoms with van der Waals surface area (Å²) in [6, 6.07) is 3.45. The third-order valence-corrected chi connectivity index (χ3v) is 4.40. The first-order chi connectivity index (χ1) is 11.5. The van der Waals surface area contributed by atoms with E-state index in [4.69, 9.17) is 9.84 Å². The van der Waals surface area contributed by atoms with Gasteiger partial charge in [0, 0.05) is 17.5 Å². The van der Waals surface area contributed by atoms with Crippen molar-refractivity contribution in [3.8, 4) is 0 Å². The molecule has 0 spiro atoms. The number of aromatic nitrogens is 2. The van der Waals surface area contributed by atoms with Crippen LogP contribution in [0, 0.1) is 11.6 Å². The van der Waals surface area contributed by atoms with Crippen molar-refractivity contribution in [1.82, 2.24) is 9.55 Å². The summed E-state index contributed by atoms with van der Waals surface area (Å²) >= 11 is 1.24. The lowest BCUT2D eigenvalue weighted by Crippen LogP contribution is -2.09. The summed E-state index contributed by atoms with van der Waals surface area (Å²) in [7, 11) is 0. The van der Waals surface area contributed by atoms with Gasteiger partial charge in [0.2, 0.25) is 0 Å². The number of hydrogen-bond donors (Lipinski definition) is 1. The van der Waals surface area contributed by atoms with E-state index in [-0.39, 0.29) is 25.7 Å². The Labute approximate surface area is 144 Å². The van der Waals surface area contributed by atoms with Gasteiger partial charge in [0.05, 0.1) is 18.9 Å². The van der Waals surface area contributed by atoms with Crippen molar-refractivity contribution in [3.05, 3.63) is 41.4 Å². The molecule has 0 atom stereocenters. The Kier molecular flexibility index (Phi) is 6.77. The predicted molar refractivity (Wildman–Crippen MR) is 89.2 cm³/mol. The van der Waals surface area contributed by atoms with E-state index in [0.717, 1.165) is 29.2 Å². The number of imidazole rings is 1. The molecular formula is C17H22F2N2O2S.